The summed E-state index contributed by atoms with van der Waals surface area (Å²) in [6.45, 7) is 2.08. The Labute approximate surface area is 141 Å². The number of nitrogens with one attached hydrogen (secondary N) is 1. The number of benzene rings is 2. The van der Waals surface area contributed by atoms with Gasteiger partial charge in [0.15, 0.2) is 0 Å². The first kappa shape index (κ1) is 15.4. The minimum Gasteiger partial charge on any atom is -0.497 e. The Kier molecular flexibility index (Phi) is 4.53. The van der Waals surface area contributed by atoms with Crippen LogP contribution in [0.1, 0.15) is 5.56 Å². The second-order valence-corrected chi connectivity index (χ2v) is 6.28. The van der Waals surface area contributed by atoms with Gasteiger partial charge in [-0.25, -0.2) is 0 Å². The molecular formula is C19H20N2OS. The molecule has 0 unspecified atom stereocenters. The van der Waals surface area contributed by atoms with Gasteiger partial charge in [-0.2, -0.15) is 0 Å². The molecule has 0 bridgehead atoms. The van der Waals surface area contributed by atoms with E-state index in [1.165, 1.54) is 11.4 Å². The maximum Gasteiger partial charge on any atom is 0.119 e. The van der Waals surface area contributed by atoms with Crippen LogP contribution in [0.2, 0.25) is 0 Å². The molecule has 3 nitrogen and oxygen atoms in total. The lowest BCUT2D eigenvalue weighted by Crippen LogP contribution is -2.07. The van der Waals surface area contributed by atoms with Gasteiger partial charge in [0.1, 0.15) is 5.75 Å². The first-order valence-corrected chi connectivity index (χ1v) is 8.34. The molecule has 1 aromatic heterocycles. The third kappa shape index (κ3) is 3.48. The van der Waals surface area contributed by atoms with E-state index >= 15 is 0 Å². The van der Waals surface area contributed by atoms with Crippen LogP contribution in [0.4, 0.5) is 22.1 Å². The molecule has 118 valence electrons. The fourth-order valence-corrected chi connectivity index (χ4v) is 3.24. The Hall–Kier alpha value is -2.46. The Bertz CT molecular complexity index is 783. The third-order valence-electron chi connectivity index (χ3n) is 3.81. The van der Waals surface area contributed by atoms with Gasteiger partial charge in [0.05, 0.1) is 17.8 Å². The van der Waals surface area contributed by atoms with E-state index in [2.05, 4.69) is 66.0 Å². The topological polar surface area (TPSA) is 24.5 Å². The Morgan fingerprint density at radius 3 is 2.48 bits per heavy atom. The molecule has 1 heterocycles. The van der Waals surface area contributed by atoms with Crippen LogP contribution in [-0.2, 0) is 0 Å². The van der Waals surface area contributed by atoms with Crippen molar-refractivity contribution in [3.8, 4) is 5.75 Å². The maximum atomic E-state index is 5.25. The normalized spacial score (nSPS) is 10.4. The van der Waals surface area contributed by atoms with E-state index in [0.29, 0.717) is 0 Å². The second-order valence-electron chi connectivity index (χ2n) is 5.37. The van der Waals surface area contributed by atoms with E-state index in [1.807, 2.05) is 18.2 Å². The molecule has 0 saturated carbocycles. The van der Waals surface area contributed by atoms with E-state index < -0.39 is 0 Å². The zero-order valence-electron chi connectivity index (χ0n) is 13.5. The predicted octanol–water partition coefficient (Wildman–Crippen LogP) is 5.58. The van der Waals surface area contributed by atoms with Crippen molar-refractivity contribution in [2.45, 2.75) is 6.92 Å². The third-order valence-corrected chi connectivity index (χ3v) is 4.64. The minimum absolute atomic E-state index is 0.878. The van der Waals surface area contributed by atoms with E-state index in [0.717, 1.165) is 22.0 Å². The summed E-state index contributed by atoms with van der Waals surface area (Å²) in [6.07, 6.45) is 0. The SMILES string of the molecule is COc1ccc(Nc2cc(N(C)c3ccccc3)cs2)c(C)c1. The van der Waals surface area contributed by atoms with Crippen molar-refractivity contribution in [1.82, 2.24) is 0 Å². The van der Waals surface area contributed by atoms with Crippen molar-refractivity contribution in [2.24, 2.45) is 0 Å². The Balaban J connectivity index is 1.77. The van der Waals surface area contributed by atoms with Gasteiger partial charge < -0.3 is 15.0 Å². The van der Waals surface area contributed by atoms with Gasteiger partial charge in [-0.3, -0.25) is 0 Å². The first-order chi connectivity index (χ1) is 11.2. The smallest absolute Gasteiger partial charge is 0.119 e. The van der Waals surface area contributed by atoms with Crippen molar-refractivity contribution in [3.63, 3.8) is 0 Å². The molecule has 2 aromatic carbocycles. The van der Waals surface area contributed by atoms with Crippen molar-refractivity contribution in [1.29, 1.82) is 0 Å². The largest absolute Gasteiger partial charge is 0.497 e. The van der Waals surface area contributed by atoms with Gasteiger partial charge in [-0.05, 0) is 48.9 Å². The molecule has 3 rings (SSSR count). The molecule has 4 heteroatoms. The molecule has 3 aromatic rings. The lowest BCUT2D eigenvalue weighted by atomic mass is 10.2. The molecule has 0 fully saturated rings. The Morgan fingerprint density at radius 1 is 1.00 bits per heavy atom. The van der Waals surface area contributed by atoms with Crippen LogP contribution in [0.3, 0.4) is 0 Å². The molecule has 0 amide bonds. The quantitative estimate of drug-likeness (QED) is 0.663. The standard InChI is InChI=1S/C19H20N2OS/c1-14-11-17(22-3)9-10-18(14)20-19-12-16(13-23-19)21(2)15-7-5-4-6-8-15/h4-13,20H,1-3H3. The lowest BCUT2D eigenvalue weighted by molar-refractivity contribution is 0.414. The van der Waals surface area contributed by atoms with Crippen LogP contribution < -0.4 is 15.0 Å². The lowest BCUT2D eigenvalue weighted by Gasteiger charge is -2.17. The number of hydrogen-bond donors (Lipinski definition) is 1. The number of ether oxygens (including phenoxy) is 1. The van der Waals surface area contributed by atoms with E-state index in [1.54, 1.807) is 18.4 Å². The van der Waals surface area contributed by atoms with Crippen LogP contribution in [-0.4, -0.2) is 14.2 Å². The number of aryl methyl sites for hydroxylation is 1. The van der Waals surface area contributed by atoms with Crippen molar-refractivity contribution in [3.05, 3.63) is 65.5 Å². The first-order valence-electron chi connectivity index (χ1n) is 7.46. The molecule has 0 aliphatic carbocycles. The molecule has 0 radical (unpaired) electrons. The number of rotatable bonds is 5. The van der Waals surface area contributed by atoms with Crippen LogP contribution in [0, 0.1) is 6.92 Å². The van der Waals surface area contributed by atoms with E-state index in [-0.39, 0.29) is 0 Å². The molecular weight excluding hydrogens is 304 g/mol. The van der Waals surface area contributed by atoms with E-state index in [4.69, 9.17) is 4.74 Å². The number of anilines is 4. The molecule has 1 N–H and O–H groups in total. The maximum absolute atomic E-state index is 5.25. The van der Waals surface area contributed by atoms with Crippen LogP contribution in [0.5, 0.6) is 5.75 Å². The van der Waals surface area contributed by atoms with Gasteiger partial charge in [-0.1, -0.05) is 18.2 Å². The number of methoxy groups -OCH3 is 1. The number of nitrogens with zero attached hydrogens (tertiary/aromatic N) is 1. The molecule has 0 aliphatic rings. The monoisotopic (exact) mass is 324 g/mol. The van der Waals surface area contributed by atoms with Crippen molar-refractivity contribution in [2.75, 3.05) is 24.4 Å². The van der Waals surface area contributed by atoms with Crippen molar-refractivity contribution < 1.29 is 4.74 Å². The number of hydrogen-bond acceptors (Lipinski definition) is 4. The molecule has 0 atom stereocenters. The fraction of sp³-hybridized carbons (Fsp3) is 0.158. The highest BCUT2D eigenvalue weighted by atomic mass is 32.1. The van der Waals surface area contributed by atoms with Crippen LogP contribution >= 0.6 is 11.3 Å². The summed E-state index contributed by atoms with van der Waals surface area (Å²) in [4.78, 5) is 2.18. The minimum atomic E-state index is 0.878. The van der Waals surface area contributed by atoms with Gasteiger partial charge in [0.2, 0.25) is 0 Å². The summed E-state index contributed by atoms with van der Waals surface area (Å²) in [5.74, 6) is 0.878. The van der Waals surface area contributed by atoms with E-state index in [9.17, 15) is 0 Å². The zero-order chi connectivity index (χ0) is 16.2. The van der Waals surface area contributed by atoms with Crippen LogP contribution in [0.15, 0.2) is 60.0 Å². The number of para-hydroxylation sites is 1. The summed E-state index contributed by atoms with van der Waals surface area (Å²) in [7, 11) is 3.77. The number of thiophene rings is 1. The van der Waals surface area contributed by atoms with Gasteiger partial charge >= 0.3 is 0 Å². The summed E-state index contributed by atoms with van der Waals surface area (Å²) < 4.78 is 5.25. The van der Waals surface area contributed by atoms with Crippen molar-refractivity contribution >= 4 is 33.4 Å². The highest BCUT2D eigenvalue weighted by molar-refractivity contribution is 7.14. The molecule has 0 aliphatic heterocycles. The summed E-state index contributed by atoms with van der Waals surface area (Å²) >= 11 is 1.70. The fourth-order valence-electron chi connectivity index (χ4n) is 2.40. The summed E-state index contributed by atoms with van der Waals surface area (Å²) in [5, 5.41) is 6.77. The van der Waals surface area contributed by atoms with Gasteiger partial charge in [0.25, 0.3) is 0 Å². The van der Waals surface area contributed by atoms with Gasteiger partial charge in [-0.15, -0.1) is 11.3 Å². The second kappa shape index (κ2) is 6.75. The zero-order valence-corrected chi connectivity index (χ0v) is 14.4. The molecule has 23 heavy (non-hydrogen) atoms. The van der Waals surface area contributed by atoms with Gasteiger partial charge in [0, 0.05) is 23.8 Å². The summed E-state index contributed by atoms with van der Waals surface area (Å²) in [5.41, 5.74) is 4.62. The highest BCUT2D eigenvalue weighted by Crippen LogP contribution is 2.34. The summed E-state index contributed by atoms with van der Waals surface area (Å²) in [6, 6.07) is 18.6. The van der Waals surface area contributed by atoms with Crippen LogP contribution in [0.25, 0.3) is 0 Å². The average Bonchev–Trinajstić information content (AvgIpc) is 3.05. The molecule has 0 spiro atoms. The molecule has 0 saturated heterocycles. The average molecular weight is 324 g/mol. The predicted molar refractivity (Wildman–Crippen MR) is 99.8 cm³/mol. The highest BCUT2D eigenvalue weighted by Gasteiger charge is 2.08. The Morgan fingerprint density at radius 2 is 1.78 bits per heavy atom.